The van der Waals surface area contributed by atoms with Gasteiger partial charge in [-0.2, -0.15) is 0 Å². The van der Waals surface area contributed by atoms with Gasteiger partial charge >= 0.3 is 12.0 Å². The Kier molecular flexibility index (Phi) is 4.76. The molecule has 2 rings (SSSR count). The molecule has 3 unspecified atom stereocenters. The Hall–Kier alpha value is -1.30. The van der Waals surface area contributed by atoms with Gasteiger partial charge in [0.25, 0.3) is 0 Å². The molecule has 0 aromatic rings. The lowest BCUT2D eigenvalue weighted by Gasteiger charge is -2.43. The summed E-state index contributed by atoms with van der Waals surface area (Å²) >= 11 is 0. The lowest BCUT2D eigenvalue weighted by Crippen LogP contribution is -2.62. The minimum absolute atomic E-state index is 0.131. The predicted octanol–water partition coefficient (Wildman–Crippen LogP) is 1.70. The fraction of sp³-hybridized carbons (Fsp3) is 0.867. The lowest BCUT2D eigenvalue weighted by molar-refractivity contribution is -0.148. The van der Waals surface area contributed by atoms with Gasteiger partial charge < -0.3 is 20.1 Å². The van der Waals surface area contributed by atoms with Gasteiger partial charge in [-0.3, -0.25) is 0 Å². The van der Waals surface area contributed by atoms with Crippen molar-refractivity contribution in [2.24, 2.45) is 11.8 Å². The SMILES string of the molecule is CC1CC(C)C(C)N(C(=O)NC2(C(=O)O)CCOCC2)C1. The normalized spacial score (nSPS) is 32.5. The molecular formula is C15H26N2O4. The second-order valence-electron chi connectivity index (χ2n) is 6.64. The summed E-state index contributed by atoms with van der Waals surface area (Å²) in [6.07, 6.45) is 1.74. The van der Waals surface area contributed by atoms with Crippen LogP contribution in [-0.2, 0) is 9.53 Å². The van der Waals surface area contributed by atoms with Crippen molar-refractivity contribution >= 4 is 12.0 Å². The fourth-order valence-corrected chi connectivity index (χ4v) is 3.37. The van der Waals surface area contributed by atoms with Crippen LogP contribution in [0, 0.1) is 11.8 Å². The van der Waals surface area contributed by atoms with Crippen LogP contribution < -0.4 is 5.32 Å². The van der Waals surface area contributed by atoms with E-state index in [0.29, 0.717) is 44.4 Å². The van der Waals surface area contributed by atoms with Gasteiger partial charge in [0.15, 0.2) is 0 Å². The van der Waals surface area contributed by atoms with Crippen LogP contribution in [0.3, 0.4) is 0 Å². The lowest BCUT2D eigenvalue weighted by atomic mass is 9.86. The molecule has 2 saturated heterocycles. The molecule has 120 valence electrons. The first-order valence-electron chi connectivity index (χ1n) is 7.75. The molecule has 6 heteroatoms. The molecule has 0 bridgehead atoms. The minimum atomic E-state index is -1.18. The van der Waals surface area contributed by atoms with Crippen LogP contribution in [0.5, 0.6) is 0 Å². The molecule has 2 aliphatic heterocycles. The maximum absolute atomic E-state index is 12.6. The van der Waals surface area contributed by atoms with Crippen LogP contribution in [-0.4, -0.2) is 53.3 Å². The number of carboxylic acid groups (broad SMARTS) is 1. The van der Waals surface area contributed by atoms with E-state index in [4.69, 9.17) is 4.74 Å². The highest BCUT2D eigenvalue weighted by molar-refractivity contribution is 5.86. The number of urea groups is 1. The number of hydrogen-bond acceptors (Lipinski definition) is 3. The molecule has 0 radical (unpaired) electrons. The number of amides is 2. The molecule has 2 fully saturated rings. The third-order valence-corrected chi connectivity index (χ3v) is 4.96. The molecule has 2 N–H and O–H groups in total. The number of rotatable bonds is 2. The van der Waals surface area contributed by atoms with Crippen molar-refractivity contribution in [1.82, 2.24) is 10.2 Å². The maximum Gasteiger partial charge on any atom is 0.329 e. The van der Waals surface area contributed by atoms with Crippen molar-refractivity contribution in [2.45, 2.75) is 51.6 Å². The van der Waals surface area contributed by atoms with E-state index in [1.165, 1.54) is 0 Å². The number of carbonyl (C=O) groups excluding carboxylic acids is 1. The Balaban J connectivity index is 2.09. The average Bonchev–Trinajstić information content (AvgIpc) is 2.43. The minimum Gasteiger partial charge on any atom is -0.480 e. The van der Waals surface area contributed by atoms with Gasteiger partial charge in [0.05, 0.1) is 0 Å². The van der Waals surface area contributed by atoms with Crippen LogP contribution in [0.2, 0.25) is 0 Å². The molecule has 6 nitrogen and oxygen atoms in total. The number of aliphatic carboxylic acids is 1. The van der Waals surface area contributed by atoms with Crippen LogP contribution in [0.1, 0.15) is 40.0 Å². The van der Waals surface area contributed by atoms with Crippen molar-refractivity contribution in [3.63, 3.8) is 0 Å². The average molecular weight is 298 g/mol. The van der Waals surface area contributed by atoms with Crippen LogP contribution in [0.4, 0.5) is 4.79 Å². The molecule has 0 aromatic heterocycles. The van der Waals surface area contributed by atoms with Gasteiger partial charge in [0, 0.05) is 38.6 Å². The summed E-state index contributed by atoms with van der Waals surface area (Å²) in [5.41, 5.74) is -1.18. The quantitative estimate of drug-likeness (QED) is 0.813. The first-order valence-corrected chi connectivity index (χ1v) is 7.75. The smallest absolute Gasteiger partial charge is 0.329 e. The highest BCUT2D eigenvalue weighted by Gasteiger charge is 2.43. The summed E-state index contributed by atoms with van der Waals surface area (Å²) < 4.78 is 5.23. The van der Waals surface area contributed by atoms with E-state index in [-0.39, 0.29) is 12.1 Å². The standard InChI is InChI=1S/C15H26N2O4/c1-10-8-11(2)12(3)17(9-10)14(20)16-15(13(18)19)4-6-21-7-5-15/h10-12H,4-9H2,1-3H3,(H,16,20)(H,18,19). The van der Waals surface area contributed by atoms with E-state index in [9.17, 15) is 14.7 Å². The Bertz CT molecular complexity index is 406. The van der Waals surface area contributed by atoms with Crippen molar-refractivity contribution in [2.75, 3.05) is 19.8 Å². The number of carbonyl (C=O) groups is 2. The number of nitrogens with zero attached hydrogens (tertiary/aromatic N) is 1. The van der Waals surface area contributed by atoms with Crippen molar-refractivity contribution in [3.05, 3.63) is 0 Å². The van der Waals surface area contributed by atoms with E-state index < -0.39 is 11.5 Å². The highest BCUT2D eigenvalue weighted by atomic mass is 16.5. The summed E-state index contributed by atoms with van der Waals surface area (Å²) in [7, 11) is 0. The summed E-state index contributed by atoms with van der Waals surface area (Å²) in [4.78, 5) is 26.0. The van der Waals surface area contributed by atoms with E-state index in [1.807, 2.05) is 6.92 Å². The van der Waals surface area contributed by atoms with Crippen molar-refractivity contribution in [3.8, 4) is 0 Å². The molecule has 0 aromatic carbocycles. The van der Waals surface area contributed by atoms with Gasteiger partial charge in [-0.1, -0.05) is 13.8 Å². The topological polar surface area (TPSA) is 78.9 Å². The van der Waals surface area contributed by atoms with E-state index in [1.54, 1.807) is 4.90 Å². The predicted molar refractivity (Wildman–Crippen MR) is 78.1 cm³/mol. The largest absolute Gasteiger partial charge is 0.480 e. The summed E-state index contributed by atoms with van der Waals surface area (Å²) in [6, 6.07) is -0.128. The van der Waals surface area contributed by atoms with Crippen LogP contribution >= 0.6 is 0 Å². The van der Waals surface area contributed by atoms with Crippen molar-refractivity contribution in [1.29, 1.82) is 0 Å². The van der Waals surface area contributed by atoms with Gasteiger partial charge in [-0.15, -0.1) is 0 Å². The van der Waals surface area contributed by atoms with E-state index in [0.717, 1.165) is 6.42 Å². The molecule has 2 amide bonds. The van der Waals surface area contributed by atoms with Crippen molar-refractivity contribution < 1.29 is 19.4 Å². The molecule has 0 aliphatic carbocycles. The Morgan fingerprint density at radius 2 is 1.86 bits per heavy atom. The first kappa shape index (κ1) is 16.1. The molecule has 2 heterocycles. The Labute approximate surface area is 125 Å². The monoisotopic (exact) mass is 298 g/mol. The molecule has 21 heavy (non-hydrogen) atoms. The number of hydrogen-bond donors (Lipinski definition) is 2. The molecule has 3 atom stereocenters. The second-order valence-corrected chi connectivity index (χ2v) is 6.64. The zero-order chi connectivity index (χ0) is 15.6. The van der Waals surface area contributed by atoms with E-state index >= 15 is 0 Å². The zero-order valence-electron chi connectivity index (χ0n) is 13.1. The fourth-order valence-electron chi connectivity index (χ4n) is 3.37. The molecule has 2 aliphatic rings. The van der Waals surface area contributed by atoms with E-state index in [2.05, 4.69) is 19.2 Å². The molecule has 0 spiro atoms. The summed E-state index contributed by atoms with van der Waals surface area (Å²) in [5.74, 6) is -0.0997. The number of likely N-dealkylation sites (tertiary alicyclic amines) is 1. The number of piperidine rings is 1. The number of ether oxygens (including phenoxy) is 1. The highest BCUT2D eigenvalue weighted by Crippen LogP contribution is 2.28. The Morgan fingerprint density at radius 1 is 1.24 bits per heavy atom. The van der Waals surface area contributed by atoms with Crippen LogP contribution in [0.25, 0.3) is 0 Å². The van der Waals surface area contributed by atoms with Crippen LogP contribution in [0.15, 0.2) is 0 Å². The molecule has 0 saturated carbocycles. The second kappa shape index (κ2) is 6.22. The van der Waals surface area contributed by atoms with Gasteiger partial charge in [0.2, 0.25) is 0 Å². The van der Waals surface area contributed by atoms with Gasteiger partial charge in [-0.05, 0) is 25.2 Å². The van der Waals surface area contributed by atoms with Gasteiger partial charge in [0.1, 0.15) is 5.54 Å². The third kappa shape index (κ3) is 3.31. The summed E-state index contributed by atoms with van der Waals surface area (Å²) in [5, 5.41) is 12.3. The third-order valence-electron chi connectivity index (χ3n) is 4.96. The number of carboxylic acids is 1. The zero-order valence-corrected chi connectivity index (χ0v) is 13.1. The molecular weight excluding hydrogens is 272 g/mol. The summed E-state index contributed by atoms with van der Waals surface area (Å²) in [6.45, 7) is 7.73. The van der Waals surface area contributed by atoms with Gasteiger partial charge in [-0.25, -0.2) is 9.59 Å². The number of nitrogens with one attached hydrogen (secondary N) is 1. The first-order chi connectivity index (χ1) is 9.85. The maximum atomic E-state index is 12.6. The Morgan fingerprint density at radius 3 is 2.43 bits per heavy atom.